The maximum atomic E-state index is 11.1. The third-order valence-corrected chi connectivity index (χ3v) is 3.40. The Morgan fingerprint density at radius 1 is 1.42 bits per heavy atom. The van der Waals surface area contributed by atoms with Crippen molar-refractivity contribution in [3.05, 3.63) is 23.8 Å². The summed E-state index contributed by atoms with van der Waals surface area (Å²) in [5.41, 5.74) is 3.11. The molecule has 0 radical (unpaired) electrons. The molecule has 104 valence electrons. The minimum absolute atomic E-state index is 0.0468. The van der Waals surface area contributed by atoms with E-state index < -0.39 is 0 Å². The number of ether oxygens (including phenoxy) is 1. The Balaban J connectivity index is 2.07. The number of hydrogen-bond acceptors (Lipinski definition) is 3. The van der Waals surface area contributed by atoms with Gasteiger partial charge in [-0.25, -0.2) is 0 Å². The molecule has 1 aromatic rings. The topological polar surface area (TPSA) is 50.4 Å². The van der Waals surface area contributed by atoms with Crippen LogP contribution in [0.2, 0.25) is 0 Å². The third-order valence-electron chi connectivity index (χ3n) is 3.40. The van der Waals surface area contributed by atoms with Gasteiger partial charge in [0, 0.05) is 30.9 Å². The van der Waals surface area contributed by atoms with E-state index >= 15 is 0 Å². The molecule has 0 bridgehead atoms. The molecule has 1 aromatic carbocycles. The highest BCUT2D eigenvalue weighted by Gasteiger charge is 2.19. The zero-order valence-corrected chi connectivity index (χ0v) is 11.8. The Labute approximate surface area is 114 Å². The van der Waals surface area contributed by atoms with Crippen molar-refractivity contribution in [1.29, 1.82) is 0 Å². The van der Waals surface area contributed by atoms with Crippen molar-refractivity contribution in [3.63, 3.8) is 0 Å². The van der Waals surface area contributed by atoms with Crippen LogP contribution in [0.15, 0.2) is 18.2 Å². The van der Waals surface area contributed by atoms with Crippen LogP contribution in [-0.2, 0) is 9.53 Å². The number of anilines is 2. The molecule has 4 heteroatoms. The van der Waals surface area contributed by atoms with Gasteiger partial charge in [0.15, 0.2) is 0 Å². The smallest absolute Gasteiger partial charge is 0.221 e. The van der Waals surface area contributed by atoms with Crippen LogP contribution in [0.3, 0.4) is 0 Å². The summed E-state index contributed by atoms with van der Waals surface area (Å²) in [4.78, 5) is 11.1. The van der Waals surface area contributed by atoms with Gasteiger partial charge < -0.3 is 15.4 Å². The highest BCUT2D eigenvalue weighted by atomic mass is 16.5. The maximum absolute atomic E-state index is 11.1. The minimum atomic E-state index is -0.0468. The van der Waals surface area contributed by atoms with E-state index in [1.54, 1.807) is 0 Å². The van der Waals surface area contributed by atoms with Crippen molar-refractivity contribution in [1.82, 2.24) is 0 Å². The van der Waals surface area contributed by atoms with Crippen molar-refractivity contribution in [2.75, 3.05) is 17.2 Å². The molecule has 0 aromatic heterocycles. The van der Waals surface area contributed by atoms with Crippen LogP contribution in [-0.4, -0.2) is 24.7 Å². The molecule has 2 atom stereocenters. The van der Waals surface area contributed by atoms with E-state index in [1.807, 2.05) is 18.2 Å². The van der Waals surface area contributed by atoms with Gasteiger partial charge in [-0.1, -0.05) is 6.07 Å². The number of benzene rings is 1. The molecule has 1 heterocycles. The summed E-state index contributed by atoms with van der Waals surface area (Å²) in [6, 6.07) is 6.39. The lowest BCUT2D eigenvalue weighted by molar-refractivity contribution is -0.114. The van der Waals surface area contributed by atoms with Crippen molar-refractivity contribution >= 4 is 17.3 Å². The first kappa shape index (κ1) is 13.9. The Morgan fingerprint density at radius 3 is 2.89 bits per heavy atom. The summed E-state index contributed by atoms with van der Waals surface area (Å²) in [6.07, 6.45) is 2.35. The number of carbonyl (C=O) groups is 1. The summed E-state index contributed by atoms with van der Waals surface area (Å²) in [5.74, 6) is -0.0468. The number of carbonyl (C=O) groups excluding carboxylic acids is 1. The van der Waals surface area contributed by atoms with Crippen LogP contribution < -0.4 is 10.6 Å². The van der Waals surface area contributed by atoms with E-state index in [-0.39, 0.29) is 5.91 Å². The van der Waals surface area contributed by atoms with Gasteiger partial charge in [0.2, 0.25) is 5.91 Å². The van der Waals surface area contributed by atoms with E-state index in [0.717, 1.165) is 30.8 Å². The van der Waals surface area contributed by atoms with Crippen LogP contribution in [0.25, 0.3) is 0 Å². The standard InChI is InChI=1S/C15H22N2O2/c1-10-4-5-13(16-12(3)18)9-15(10)17-14-6-7-19-11(2)8-14/h4-5,9,11,14,17H,6-8H2,1-3H3,(H,16,18). The molecule has 2 unspecified atom stereocenters. The van der Waals surface area contributed by atoms with E-state index in [2.05, 4.69) is 24.5 Å². The molecule has 1 aliphatic heterocycles. The van der Waals surface area contributed by atoms with Crippen molar-refractivity contribution in [3.8, 4) is 0 Å². The van der Waals surface area contributed by atoms with Gasteiger partial charge >= 0.3 is 0 Å². The van der Waals surface area contributed by atoms with E-state index in [9.17, 15) is 4.79 Å². The highest BCUT2D eigenvalue weighted by molar-refractivity contribution is 5.89. The van der Waals surface area contributed by atoms with Crippen LogP contribution in [0.1, 0.15) is 32.3 Å². The number of amides is 1. The first-order valence-electron chi connectivity index (χ1n) is 6.81. The van der Waals surface area contributed by atoms with Gasteiger partial charge in [-0.3, -0.25) is 4.79 Å². The molecule has 4 nitrogen and oxygen atoms in total. The number of rotatable bonds is 3. The van der Waals surface area contributed by atoms with Crippen LogP contribution in [0, 0.1) is 6.92 Å². The maximum Gasteiger partial charge on any atom is 0.221 e. The molecule has 0 spiro atoms. The Hall–Kier alpha value is -1.55. The van der Waals surface area contributed by atoms with Gasteiger partial charge in [-0.05, 0) is 44.4 Å². The predicted molar refractivity (Wildman–Crippen MR) is 77.5 cm³/mol. The zero-order valence-electron chi connectivity index (χ0n) is 11.8. The molecular weight excluding hydrogens is 240 g/mol. The molecule has 19 heavy (non-hydrogen) atoms. The fourth-order valence-electron chi connectivity index (χ4n) is 2.41. The first-order chi connectivity index (χ1) is 9.04. The van der Waals surface area contributed by atoms with E-state index in [1.165, 1.54) is 12.5 Å². The molecule has 2 N–H and O–H groups in total. The van der Waals surface area contributed by atoms with Gasteiger partial charge in [-0.15, -0.1) is 0 Å². The Bertz CT molecular complexity index is 459. The number of nitrogens with one attached hydrogen (secondary N) is 2. The second-order valence-corrected chi connectivity index (χ2v) is 5.26. The second kappa shape index (κ2) is 6.06. The van der Waals surface area contributed by atoms with Crippen molar-refractivity contribution in [2.45, 2.75) is 45.8 Å². The van der Waals surface area contributed by atoms with Crippen molar-refractivity contribution < 1.29 is 9.53 Å². The third kappa shape index (κ3) is 3.96. The summed E-state index contributed by atoms with van der Waals surface area (Å²) in [7, 11) is 0. The van der Waals surface area contributed by atoms with E-state index in [0.29, 0.717) is 12.1 Å². The highest BCUT2D eigenvalue weighted by Crippen LogP contribution is 2.24. The SMILES string of the molecule is CC(=O)Nc1ccc(C)c(NC2CCOC(C)C2)c1. The van der Waals surface area contributed by atoms with Crippen LogP contribution >= 0.6 is 0 Å². The molecule has 0 aliphatic carbocycles. The van der Waals surface area contributed by atoms with Crippen LogP contribution in [0.4, 0.5) is 11.4 Å². The quantitative estimate of drug-likeness (QED) is 0.880. The predicted octanol–water partition coefficient (Wildman–Crippen LogP) is 2.93. The monoisotopic (exact) mass is 262 g/mol. The minimum Gasteiger partial charge on any atom is -0.382 e. The average molecular weight is 262 g/mol. The van der Waals surface area contributed by atoms with Crippen LogP contribution in [0.5, 0.6) is 0 Å². The normalized spacial score (nSPS) is 22.9. The lowest BCUT2D eigenvalue weighted by atomic mass is 10.0. The number of hydrogen-bond donors (Lipinski definition) is 2. The average Bonchev–Trinajstić information content (AvgIpc) is 2.33. The summed E-state index contributed by atoms with van der Waals surface area (Å²) in [5, 5.41) is 6.38. The first-order valence-corrected chi connectivity index (χ1v) is 6.81. The van der Waals surface area contributed by atoms with E-state index in [4.69, 9.17) is 4.74 Å². The Morgan fingerprint density at radius 2 is 2.21 bits per heavy atom. The second-order valence-electron chi connectivity index (χ2n) is 5.26. The van der Waals surface area contributed by atoms with Gasteiger partial charge in [-0.2, -0.15) is 0 Å². The fourth-order valence-corrected chi connectivity index (χ4v) is 2.41. The summed E-state index contributed by atoms with van der Waals surface area (Å²) >= 11 is 0. The molecule has 1 saturated heterocycles. The zero-order chi connectivity index (χ0) is 13.8. The van der Waals surface area contributed by atoms with Gasteiger partial charge in [0.25, 0.3) is 0 Å². The molecule has 1 amide bonds. The molecule has 1 fully saturated rings. The fraction of sp³-hybridized carbons (Fsp3) is 0.533. The lowest BCUT2D eigenvalue weighted by Crippen LogP contribution is -2.32. The largest absolute Gasteiger partial charge is 0.382 e. The summed E-state index contributed by atoms with van der Waals surface area (Å²) in [6.45, 7) is 6.51. The lowest BCUT2D eigenvalue weighted by Gasteiger charge is -2.29. The van der Waals surface area contributed by atoms with Crippen molar-refractivity contribution in [2.24, 2.45) is 0 Å². The molecular formula is C15H22N2O2. The number of aryl methyl sites for hydroxylation is 1. The molecule has 2 rings (SSSR count). The van der Waals surface area contributed by atoms with Gasteiger partial charge in [0.1, 0.15) is 0 Å². The van der Waals surface area contributed by atoms with Gasteiger partial charge in [0.05, 0.1) is 6.10 Å². The Kier molecular flexibility index (Phi) is 4.43. The molecule has 0 saturated carbocycles. The molecule has 1 aliphatic rings. The summed E-state index contributed by atoms with van der Waals surface area (Å²) < 4.78 is 5.56.